The number of fused-ring (bicyclic) bond motifs is 1. The van der Waals surface area contributed by atoms with Gasteiger partial charge in [0.1, 0.15) is 6.26 Å². The Morgan fingerprint density at radius 1 is 1.36 bits per heavy atom. The Morgan fingerprint density at radius 2 is 2.06 bits per heavy atom. The van der Waals surface area contributed by atoms with E-state index in [0.717, 1.165) is 18.5 Å². The van der Waals surface area contributed by atoms with E-state index < -0.39 is 21.8 Å². The Hall–Kier alpha value is -2.63. The van der Waals surface area contributed by atoms with Gasteiger partial charge in [-0.2, -0.15) is 13.7 Å². The van der Waals surface area contributed by atoms with Crippen molar-refractivity contribution in [1.29, 1.82) is 0 Å². The summed E-state index contributed by atoms with van der Waals surface area (Å²) in [7, 11) is -2.49. The van der Waals surface area contributed by atoms with Gasteiger partial charge >= 0.3 is 5.97 Å². The summed E-state index contributed by atoms with van der Waals surface area (Å²) in [6.07, 6.45) is 4.61. The van der Waals surface area contributed by atoms with Gasteiger partial charge in [0.25, 0.3) is 10.0 Å². The number of nitrogens with zero attached hydrogens (tertiary/aromatic N) is 3. The lowest BCUT2D eigenvalue weighted by atomic mass is 10.1. The topological polar surface area (TPSA) is 100 Å². The SMILES string of the molecule is CCCCC1CN(c2ccccc2)c2cc(SC)c(O/C=C(\F)C(=O)O)nc2S(=O)(=O)N1C. The van der Waals surface area contributed by atoms with Crippen molar-refractivity contribution < 1.29 is 27.4 Å². The molecule has 0 aliphatic carbocycles. The van der Waals surface area contributed by atoms with Gasteiger partial charge in [-0.05, 0) is 30.9 Å². The zero-order valence-electron chi connectivity index (χ0n) is 18.6. The molecule has 0 bridgehead atoms. The van der Waals surface area contributed by atoms with E-state index in [2.05, 4.69) is 11.9 Å². The fourth-order valence-corrected chi connectivity index (χ4v) is 5.51. The first-order valence-corrected chi connectivity index (χ1v) is 13.0. The number of thioether (sulfide) groups is 1. The third-order valence-corrected chi connectivity index (χ3v) is 7.96. The number of unbranched alkanes of at least 4 members (excludes halogenated alkanes) is 1. The first-order valence-electron chi connectivity index (χ1n) is 10.4. The second kappa shape index (κ2) is 10.5. The van der Waals surface area contributed by atoms with Crippen LogP contribution in [0.4, 0.5) is 15.8 Å². The predicted molar refractivity (Wildman–Crippen MR) is 125 cm³/mol. The van der Waals surface area contributed by atoms with Crippen LogP contribution in [0.15, 0.2) is 58.4 Å². The summed E-state index contributed by atoms with van der Waals surface area (Å²) in [5.41, 5.74) is 1.19. The molecule has 0 saturated heterocycles. The molecule has 33 heavy (non-hydrogen) atoms. The van der Waals surface area contributed by atoms with E-state index in [1.54, 1.807) is 12.3 Å². The van der Waals surface area contributed by atoms with Crippen molar-refractivity contribution in [3.05, 3.63) is 48.5 Å². The zero-order chi connectivity index (χ0) is 24.2. The molecule has 178 valence electrons. The Kier molecular flexibility index (Phi) is 7.98. The average Bonchev–Trinajstić information content (AvgIpc) is 2.89. The number of carboxylic acids is 1. The van der Waals surface area contributed by atoms with Crippen molar-refractivity contribution in [2.45, 2.75) is 42.1 Å². The van der Waals surface area contributed by atoms with Crippen LogP contribution in [-0.4, -0.2) is 54.7 Å². The third kappa shape index (κ3) is 5.31. The maximum absolute atomic E-state index is 13.6. The molecule has 1 aromatic heterocycles. The molecule has 0 fully saturated rings. The molecule has 3 rings (SSSR count). The standard InChI is InChI=1S/C22H26FN3O5S2/c1-4-5-9-16-13-26(15-10-7-6-8-11-15)18-12-19(32-3)20(31-14-17(23)22(27)28)24-21(18)33(29,30)25(16)2/h6-8,10-12,14,16H,4-5,9,13H2,1-3H3,(H,27,28)/b17-14-. The lowest BCUT2D eigenvalue weighted by molar-refractivity contribution is -0.134. The normalized spacial score (nSPS) is 18.5. The Bertz CT molecular complexity index is 1140. The highest BCUT2D eigenvalue weighted by Gasteiger charge is 2.38. The third-order valence-electron chi connectivity index (χ3n) is 5.38. The number of sulfonamides is 1. The number of aromatic nitrogens is 1. The monoisotopic (exact) mass is 495 g/mol. The number of carbonyl (C=O) groups is 1. The van der Waals surface area contributed by atoms with Gasteiger partial charge in [0, 0.05) is 25.3 Å². The largest absolute Gasteiger partial charge is 0.476 e. The zero-order valence-corrected chi connectivity index (χ0v) is 20.2. The van der Waals surface area contributed by atoms with Crippen LogP contribution in [0, 0.1) is 0 Å². The van der Waals surface area contributed by atoms with Crippen LogP contribution in [0.1, 0.15) is 26.2 Å². The number of benzene rings is 1. The summed E-state index contributed by atoms with van der Waals surface area (Å²) < 4.78 is 47.1. The van der Waals surface area contributed by atoms with Crippen molar-refractivity contribution in [3.63, 3.8) is 0 Å². The molecule has 2 aromatic rings. The van der Waals surface area contributed by atoms with Crippen LogP contribution >= 0.6 is 11.8 Å². The highest BCUT2D eigenvalue weighted by atomic mass is 32.2. The highest BCUT2D eigenvalue weighted by Crippen LogP contribution is 2.41. The quantitative estimate of drug-likeness (QED) is 0.327. The summed E-state index contributed by atoms with van der Waals surface area (Å²) in [6, 6.07) is 10.8. The fraction of sp³-hybridized carbons (Fsp3) is 0.364. The molecule has 8 nitrogen and oxygen atoms in total. The van der Waals surface area contributed by atoms with Crippen molar-refractivity contribution in [2.24, 2.45) is 0 Å². The van der Waals surface area contributed by atoms with Gasteiger partial charge < -0.3 is 14.7 Å². The molecule has 1 aliphatic rings. The number of ether oxygens (including phenoxy) is 1. The van der Waals surface area contributed by atoms with Gasteiger partial charge in [0.2, 0.25) is 11.7 Å². The van der Waals surface area contributed by atoms with Gasteiger partial charge in [-0.3, -0.25) is 0 Å². The van der Waals surface area contributed by atoms with Crippen LogP contribution in [0.25, 0.3) is 0 Å². The van der Waals surface area contributed by atoms with Gasteiger partial charge in [-0.1, -0.05) is 38.0 Å². The van der Waals surface area contributed by atoms with Crippen molar-refractivity contribution in [2.75, 3.05) is 24.7 Å². The van der Waals surface area contributed by atoms with E-state index in [9.17, 15) is 17.6 Å². The molecule has 0 radical (unpaired) electrons. The van der Waals surface area contributed by atoms with E-state index in [1.807, 2.05) is 35.2 Å². The maximum Gasteiger partial charge on any atom is 0.368 e. The maximum atomic E-state index is 13.6. The minimum Gasteiger partial charge on any atom is -0.476 e. The van der Waals surface area contributed by atoms with Gasteiger partial charge in [0.15, 0.2) is 5.03 Å². The number of anilines is 2. The second-order valence-corrected chi connectivity index (χ2v) is 10.2. The molecule has 1 unspecified atom stereocenters. The van der Waals surface area contributed by atoms with E-state index in [-0.39, 0.29) is 16.9 Å². The number of halogens is 1. The lowest BCUT2D eigenvalue weighted by Crippen LogP contribution is -2.40. The molecule has 1 aliphatic heterocycles. The van der Waals surface area contributed by atoms with Crippen LogP contribution in [0.3, 0.4) is 0 Å². The van der Waals surface area contributed by atoms with E-state index in [0.29, 0.717) is 29.8 Å². The van der Waals surface area contributed by atoms with Crippen molar-refractivity contribution in [3.8, 4) is 5.88 Å². The van der Waals surface area contributed by atoms with Crippen molar-refractivity contribution in [1.82, 2.24) is 9.29 Å². The van der Waals surface area contributed by atoms with E-state index in [1.165, 1.54) is 23.1 Å². The number of carboxylic acid groups (broad SMARTS) is 1. The van der Waals surface area contributed by atoms with Crippen LogP contribution in [-0.2, 0) is 14.8 Å². The smallest absolute Gasteiger partial charge is 0.368 e. The molecule has 0 amide bonds. The first kappa shape index (κ1) is 25.0. The van der Waals surface area contributed by atoms with Gasteiger partial charge in [0.05, 0.1) is 10.6 Å². The molecule has 1 aromatic carbocycles. The lowest BCUT2D eigenvalue weighted by Gasteiger charge is -2.29. The second-order valence-electron chi connectivity index (χ2n) is 7.47. The van der Waals surface area contributed by atoms with Gasteiger partial charge in [-0.15, -0.1) is 11.8 Å². The highest BCUT2D eigenvalue weighted by molar-refractivity contribution is 7.98. The molecule has 2 heterocycles. The fourth-order valence-electron chi connectivity index (χ4n) is 3.55. The number of rotatable bonds is 8. The van der Waals surface area contributed by atoms with Crippen LogP contribution < -0.4 is 9.64 Å². The first-order chi connectivity index (χ1) is 15.7. The molecule has 11 heteroatoms. The predicted octanol–water partition coefficient (Wildman–Crippen LogP) is 4.41. The van der Waals surface area contributed by atoms with Gasteiger partial charge in [-0.25, -0.2) is 13.2 Å². The molecule has 1 N–H and O–H groups in total. The summed E-state index contributed by atoms with van der Waals surface area (Å²) in [6.45, 7) is 2.48. The van der Waals surface area contributed by atoms with E-state index in [4.69, 9.17) is 9.84 Å². The molecule has 0 saturated carbocycles. The molecular weight excluding hydrogens is 469 g/mol. The Labute approximate surface area is 197 Å². The molecular formula is C22H26FN3O5S2. The number of aliphatic carboxylic acids is 1. The Balaban J connectivity index is 2.21. The summed E-state index contributed by atoms with van der Waals surface area (Å²) in [5, 5.41) is 8.50. The number of para-hydroxylation sites is 1. The number of likely N-dealkylation sites (N-methyl/N-ethyl adjacent to an activating group) is 1. The number of pyridine rings is 1. The summed E-state index contributed by atoms with van der Waals surface area (Å²) >= 11 is 1.23. The average molecular weight is 496 g/mol. The van der Waals surface area contributed by atoms with Crippen LogP contribution in [0.5, 0.6) is 5.88 Å². The minimum absolute atomic E-state index is 0.186. The molecule has 0 spiro atoms. The van der Waals surface area contributed by atoms with Crippen molar-refractivity contribution >= 4 is 39.1 Å². The number of hydrogen-bond donors (Lipinski definition) is 1. The van der Waals surface area contributed by atoms with E-state index >= 15 is 0 Å². The summed E-state index contributed by atoms with van der Waals surface area (Å²) in [5.74, 6) is -3.50. The summed E-state index contributed by atoms with van der Waals surface area (Å²) in [4.78, 5) is 17.4. The Morgan fingerprint density at radius 3 is 2.67 bits per heavy atom. The minimum atomic E-state index is -4.02. The van der Waals surface area contributed by atoms with Crippen LogP contribution in [0.2, 0.25) is 0 Å². The number of hydrogen-bond acceptors (Lipinski definition) is 7. The molecule has 1 atom stereocenters.